The molecule has 1 aliphatic heterocycles. The van der Waals surface area contributed by atoms with E-state index in [1.165, 1.54) is 4.90 Å². The molecule has 1 aromatic carbocycles. The lowest BCUT2D eigenvalue weighted by molar-refractivity contribution is -0.427. The zero-order chi connectivity index (χ0) is 22.6. The summed E-state index contributed by atoms with van der Waals surface area (Å²) >= 11 is 0. The van der Waals surface area contributed by atoms with Gasteiger partial charge in [-0.2, -0.15) is 5.26 Å². The summed E-state index contributed by atoms with van der Waals surface area (Å²) in [5.74, 6) is 1.11. The second-order valence-corrected chi connectivity index (χ2v) is 5.89. The van der Waals surface area contributed by atoms with Crippen LogP contribution in [0.25, 0.3) is 0 Å². The van der Waals surface area contributed by atoms with Crippen molar-refractivity contribution >= 4 is 5.91 Å². The first-order valence-corrected chi connectivity index (χ1v) is 8.60. The second-order valence-electron chi connectivity index (χ2n) is 5.89. The van der Waals surface area contributed by atoms with Crippen LogP contribution in [0.5, 0.6) is 11.5 Å². The number of amides is 1. The van der Waals surface area contributed by atoms with E-state index in [9.17, 15) is 14.9 Å². The number of hydrogen-bond donors (Lipinski definition) is 3. The molecule has 6 N–H and O–H groups in total. The fourth-order valence-electron chi connectivity index (χ4n) is 2.19. The predicted octanol–water partition coefficient (Wildman–Crippen LogP) is 0.315. The molecule has 29 heavy (non-hydrogen) atoms. The minimum atomic E-state index is -0.602. The van der Waals surface area contributed by atoms with E-state index in [4.69, 9.17) is 26.2 Å². The SMILES string of the molecule is CC(C)N1CC([N+](=O)[O-])=C(N)C1=O.COc1ccc(CN)c(OC)c1.N#CCN. The van der Waals surface area contributed by atoms with Crippen LogP contribution >= 0.6 is 0 Å². The molecular weight excluding hydrogens is 380 g/mol. The summed E-state index contributed by atoms with van der Waals surface area (Å²) in [5.41, 5.74) is 16.0. The van der Waals surface area contributed by atoms with Gasteiger partial charge in [-0.15, -0.1) is 0 Å². The Kier molecular flexibility index (Phi) is 11.4. The molecule has 11 nitrogen and oxygen atoms in total. The summed E-state index contributed by atoms with van der Waals surface area (Å²) in [6, 6.07) is 7.23. The number of carbonyl (C=O) groups excluding carboxylic acids is 1. The van der Waals surface area contributed by atoms with Crippen LogP contribution in [0.15, 0.2) is 29.6 Å². The lowest BCUT2D eigenvalue weighted by atomic mass is 10.2. The maximum Gasteiger partial charge on any atom is 0.293 e. The van der Waals surface area contributed by atoms with Crippen LogP contribution in [0.2, 0.25) is 0 Å². The molecule has 0 spiro atoms. The van der Waals surface area contributed by atoms with Crippen LogP contribution in [0.4, 0.5) is 0 Å². The number of nitriles is 1. The van der Waals surface area contributed by atoms with Gasteiger partial charge in [0.15, 0.2) is 5.70 Å². The van der Waals surface area contributed by atoms with Crippen molar-refractivity contribution in [3.63, 3.8) is 0 Å². The summed E-state index contributed by atoms with van der Waals surface area (Å²) < 4.78 is 10.2. The van der Waals surface area contributed by atoms with E-state index >= 15 is 0 Å². The molecule has 0 radical (unpaired) electrons. The molecule has 0 unspecified atom stereocenters. The maximum atomic E-state index is 11.3. The minimum absolute atomic E-state index is 0.00926. The van der Waals surface area contributed by atoms with Crippen molar-refractivity contribution in [1.29, 1.82) is 5.26 Å². The van der Waals surface area contributed by atoms with Crippen LogP contribution < -0.4 is 26.7 Å². The summed E-state index contributed by atoms with van der Waals surface area (Å²) in [6.07, 6.45) is 0. The smallest absolute Gasteiger partial charge is 0.293 e. The maximum absolute atomic E-state index is 11.3. The molecule has 1 amide bonds. The molecule has 1 aromatic rings. The van der Waals surface area contributed by atoms with Gasteiger partial charge < -0.3 is 31.6 Å². The predicted molar refractivity (Wildman–Crippen MR) is 107 cm³/mol. The van der Waals surface area contributed by atoms with Gasteiger partial charge >= 0.3 is 0 Å². The number of ether oxygens (including phenoxy) is 2. The summed E-state index contributed by atoms with van der Waals surface area (Å²) in [4.78, 5) is 22.5. The fourth-order valence-corrected chi connectivity index (χ4v) is 2.19. The molecule has 0 aromatic heterocycles. The van der Waals surface area contributed by atoms with Crippen molar-refractivity contribution in [2.24, 2.45) is 17.2 Å². The van der Waals surface area contributed by atoms with Crippen molar-refractivity contribution in [3.8, 4) is 17.6 Å². The van der Waals surface area contributed by atoms with Gasteiger partial charge in [-0.05, 0) is 19.9 Å². The highest BCUT2D eigenvalue weighted by molar-refractivity contribution is 5.95. The van der Waals surface area contributed by atoms with Crippen LogP contribution in [-0.4, -0.2) is 49.1 Å². The van der Waals surface area contributed by atoms with Gasteiger partial charge in [-0.3, -0.25) is 14.9 Å². The molecule has 11 heteroatoms. The topological polar surface area (TPSA) is 184 Å². The molecule has 2 rings (SSSR count). The van der Waals surface area contributed by atoms with Gasteiger partial charge in [0.1, 0.15) is 18.0 Å². The fraction of sp³-hybridized carbons (Fsp3) is 0.444. The Labute approximate surface area is 169 Å². The Hall–Kier alpha value is -3.36. The Bertz CT molecular complexity index is 772. The van der Waals surface area contributed by atoms with E-state index in [2.05, 4.69) is 5.73 Å². The van der Waals surface area contributed by atoms with E-state index in [0.29, 0.717) is 6.54 Å². The van der Waals surface area contributed by atoms with Crippen molar-refractivity contribution < 1.29 is 19.2 Å². The first kappa shape index (κ1) is 25.6. The van der Waals surface area contributed by atoms with Gasteiger partial charge in [0, 0.05) is 24.2 Å². The van der Waals surface area contributed by atoms with Gasteiger partial charge in [-0.25, -0.2) is 0 Å². The zero-order valence-corrected chi connectivity index (χ0v) is 17.0. The third-order valence-electron chi connectivity index (χ3n) is 3.77. The van der Waals surface area contributed by atoms with E-state index in [1.54, 1.807) is 34.1 Å². The van der Waals surface area contributed by atoms with Crippen molar-refractivity contribution in [1.82, 2.24) is 4.90 Å². The van der Waals surface area contributed by atoms with Crippen LogP contribution in [-0.2, 0) is 11.3 Å². The summed E-state index contributed by atoms with van der Waals surface area (Å²) in [7, 11) is 3.24. The number of rotatable bonds is 5. The molecule has 0 atom stereocenters. The molecule has 1 aliphatic rings. The number of hydrogen-bond acceptors (Lipinski definition) is 9. The number of nitrogens with zero attached hydrogens (tertiary/aromatic N) is 3. The average molecular weight is 408 g/mol. The van der Waals surface area contributed by atoms with Gasteiger partial charge in [0.05, 0.1) is 31.8 Å². The number of carbonyl (C=O) groups is 1. The molecular formula is C18H28N6O5. The third-order valence-corrected chi connectivity index (χ3v) is 3.77. The first-order chi connectivity index (χ1) is 13.7. The minimum Gasteiger partial charge on any atom is -0.497 e. The second kappa shape index (κ2) is 12.9. The summed E-state index contributed by atoms with van der Waals surface area (Å²) in [5, 5.41) is 17.9. The lowest BCUT2D eigenvalue weighted by Gasteiger charge is -2.18. The Morgan fingerprint density at radius 2 is 1.90 bits per heavy atom. The monoisotopic (exact) mass is 408 g/mol. The lowest BCUT2D eigenvalue weighted by Crippen LogP contribution is -2.34. The van der Waals surface area contributed by atoms with Gasteiger partial charge in [0.25, 0.3) is 11.6 Å². The quantitative estimate of drug-likeness (QED) is 0.350. The number of nitro groups is 1. The number of methoxy groups -OCH3 is 2. The molecule has 0 aliphatic carbocycles. The highest BCUT2D eigenvalue weighted by Crippen LogP contribution is 2.23. The van der Waals surface area contributed by atoms with E-state index in [-0.39, 0.29) is 30.5 Å². The van der Waals surface area contributed by atoms with Crippen LogP contribution in [0.1, 0.15) is 19.4 Å². The highest BCUT2D eigenvalue weighted by Gasteiger charge is 2.37. The average Bonchev–Trinajstić information content (AvgIpc) is 3.03. The van der Waals surface area contributed by atoms with E-state index < -0.39 is 10.8 Å². The molecule has 0 bridgehead atoms. The van der Waals surface area contributed by atoms with Gasteiger partial charge in [0.2, 0.25) is 0 Å². The summed E-state index contributed by atoms with van der Waals surface area (Å²) in [6.45, 7) is 4.19. The largest absolute Gasteiger partial charge is 0.497 e. The van der Waals surface area contributed by atoms with Crippen molar-refractivity contribution in [2.45, 2.75) is 26.4 Å². The molecule has 0 saturated heterocycles. The first-order valence-electron chi connectivity index (χ1n) is 8.60. The standard InChI is InChI=1S/C9H13NO2.C7H11N3O3.C2H4N2/c1-11-8-4-3-7(6-10)9(5-8)12-2;1-4(2)9-3-5(10(12)13)6(8)7(9)11;3-1-2-4/h3-5H,6,10H2,1-2H3;4H,3,8H2,1-2H3;1,3H2. The van der Waals surface area contributed by atoms with E-state index in [0.717, 1.165) is 17.1 Å². The number of benzene rings is 1. The van der Waals surface area contributed by atoms with Gasteiger partial charge in [-0.1, -0.05) is 6.07 Å². The van der Waals surface area contributed by atoms with Crippen molar-refractivity contribution in [2.75, 3.05) is 27.3 Å². The van der Waals surface area contributed by atoms with Crippen LogP contribution in [0.3, 0.4) is 0 Å². The highest BCUT2D eigenvalue weighted by atomic mass is 16.6. The Morgan fingerprint density at radius 1 is 1.31 bits per heavy atom. The number of nitrogens with two attached hydrogens (primary N) is 3. The van der Waals surface area contributed by atoms with Crippen LogP contribution in [0, 0.1) is 21.4 Å². The van der Waals surface area contributed by atoms with E-state index in [1.807, 2.05) is 18.2 Å². The molecule has 0 fully saturated rings. The normalized spacial score (nSPS) is 12.5. The molecule has 0 saturated carbocycles. The van der Waals surface area contributed by atoms with Crippen molar-refractivity contribution in [3.05, 3.63) is 45.3 Å². The third kappa shape index (κ3) is 7.65. The Morgan fingerprint density at radius 3 is 2.21 bits per heavy atom. The molecule has 1 heterocycles. The zero-order valence-electron chi connectivity index (χ0n) is 17.0. The Balaban J connectivity index is 0.000000459. The molecule has 160 valence electrons.